The van der Waals surface area contributed by atoms with Gasteiger partial charge in [0.25, 0.3) is 5.91 Å². The number of nitrogens with zero attached hydrogens (tertiary/aromatic N) is 3. The van der Waals surface area contributed by atoms with E-state index in [0.29, 0.717) is 27.1 Å². The highest BCUT2D eigenvalue weighted by molar-refractivity contribution is 6.35. The van der Waals surface area contributed by atoms with Crippen LogP contribution < -0.4 is 5.32 Å². The van der Waals surface area contributed by atoms with Gasteiger partial charge in [-0.3, -0.25) is 4.79 Å². The van der Waals surface area contributed by atoms with Crippen molar-refractivity contribution in [3.63, 3.8) is 0 Å². The number of anilines is 1. The fourth-order valence-electron chi connectivity index (χ4n) is 2.78. The van der Waals surface area contributed by atoms with E-state index in [0.717, 1.165) is 11.3 Å². The number of carbonyl (C=O) groups is 1. The van der Waals surface area contributed by atoms with E-state index in [-0.39, 0.29) is 11.5 Å². The lowest BCUT2D eigenvalue weighted by atomic mass is 10.1. The molecule has 0 aliphatic rings. The van der Waals surface area contributed by atoms with Crippen LogP contribution in [0.2, 0.25) is 10.0 Å². The first-order valence-corrected chi connectivity index (χ1v) is 9.06. The molecule has 0 unspecified atom stereocenters. The average molecular weight is 415 g/mol. The monoisotopic (exact) mass is 414 g/mol. The van der Waals surface area contributed by atoms with Crippen LogP contribution in [0, 0.1) is 12.7 Å². The maximum absolute atomic E-state index is 13.2. The second-order valence-corrected chi connectivity index (χ2v) is 7.01. The van der Waals surface area contributed by atoms with E-state index in [2.05, 4.69) is 15.4 Å². The minimum atomic E-state index is -0.433. The highest BCUT2D eigenvalue weighted by Crippen LogP contribution is 2.26. The summed E-state index contributed by atoms with van der Waals surface area (Å²) in [6, 6.07) is 14.3. The van der Waals surface area contributed by atoms with Gasteiger partial charge < -0.3 is 5.32 Å². The summed E-state index contributed by atoms with van der Waals surface area (Å²) in [5, 5.41) is 7.84. The highest BCUT2D eigenvalue weighted by Gasteiger charge is 2.15. The van der Waals surface area contributed by atoms with Crippen LogP contribution in [0.3, 0.4) is 0 Å². The summed E-state index contributed by atoms with van der Waals surface area (Å²) in [5.74, 6) is -0.748. The molecule has 1 amide bonds. The van der Waals surface area contributed by atoms with Gasteiger partial charge in [-0.2, -0.15) is 5.10 Å². The zero-order chi connectivity index (χ0) is 19.8. The van der Waals surface area contributed by atoms with Crippen LogP contribution in [-0.2, 0) is 0 Å². The van der Waals surface area contributed by atoms with Crippen molar-refractivity contribution >= 4 is 40.4 Å². The maximum Gasteiger partial charge on any atom is 0.276 e. The first kappa shape index (κ1) is 18.4. The van der Waals surface area contributed by atoms with Crippen LogP contribution in [0.4, 0.5) is 10.1 Å². The molecule has 0 saturated carbocycles. The number of benzene rings is 2. The van der Waals surface area contributed by atoms with Crippen molar-refractivity contribution in [2.45, 2.75) is 6.92 Å². The molecule has 28 heavy (non-hydrogen) atoms. The molecule has 0 radical (unpaired) electrons. The Morgan fingerprint density at radius 1 is 1.07 bits per heavy atom. The molecular formula is C20H13Cl2FN4O. The summed E-state index contributed by atoms with van der Waals surface area (Å²) < 4.78 is 14.7. The molecule has 2 aromatic carbocycles. The Labute approximate surface area is 169 Å². The molecule has 0 saturated heterocycles. The third-order valence-electron chi connectivity index (χ3n) is 4.15. The van der Waals surface area contributed by atoms with Crippen LogP contribution in [0.5, 0.6) is 0 Å². The summed E-state index contributed by atoms with van der Waals surface area (Å²) in [6.45, 7) is 1.85. The predicted octanol–water partition coefficient (Wildman–Crippen LogP) is 5.40. The van der Waals surface area contributed by atoms with Crippen molar-refractivity contribution in [3.05, 3.63) is 81.8 Å². The average Bonchev–Trinajstić information content (AvgIpc) is 3.10. The number of aromatic nitrogens is 3. The van der Waals surface area contributed by atoms with E-state index in [1.165, 1.54) is 12.1 Å². The Hall–Kier alpha value is -2.96. The number of hydrogen-bond donors (Lipinski definition) is 1. The van der Waals surface area contributed by atoms with Gasteiger partial charge in [-0.1, -0.05) is 23.2 Å². The van der Waals surface area contributed by atoms with E-state index in [9.17, 15) is 9.18 Å². The van der Waals surface area contributed by atoms with E-state index in [1.54, 1.807) is 40.9 Å². The minimum Gasteiger partial charge on any atom is -0.319 e. The van der Waals surface area contributed by atoms with E-state index in [4.69, 9.17) is 23.2 Å². The molecule has 4 aromatic rings. The number of aryl methyl sites for hydroxylation is 1. The van der Waals surface area contributed by atoms with Crippen LogP contribution in [0.15, 0.2) is 54.6 Å². The number of fused-ring (bicyclic) bond motifs is 1. The fourth-order valence-corrected chi connectivity index (χ4v) is 3.12. The van der Waals surface area contributed by atoms with Crippen LogP contribution in [0.1, 0.15) is 16.2 Å². The van der Waals surface area contributed by atoms with Gasteiger partial charge in [-0.15, -0.1) is 0 Å². The zero-order valence-electron chi connectivity index (χ0n) is 14.6. The lowest BCUT2D eigenvalue weighted by Crippen LogP contribution is -2.13. The summed E-state index contributed by atoms with van der Waals surface area (Å²) in [5.41, 5.74) is 3.29. The number of rotatable bonds is 3. The van der Waals surface area contributed by atoms with Gasteiger partial charge in [-0.25, -0.2) is 13.9 Å². The Kier molecular flexibility index (Phi) is 4.75. The topological polar surface area (TPSA) is 59.3 Å². The van der Waals surface area contributed by atoms with Crippen LogP contribution in [-0.4, -0.2) is 20.5 Å². The molecule has 140 valence electrons. The first-order valence-electron chi connectivity index (χ1n) is 8.30. The van der Waals surface area contributed by atoms with Crippen LogP contribution in [0.25, 0.3) is 16.9 Å². The van der Waals surface area contributed by atoms with Gasteiger partial charge in [0.15, 0.2) is 11.3 Å². The smallest absolute Gasteiger partial charge is 0.276 e. The van der Waals surface area contributed by atoms with Crippen molar-refractivity contribution in [1.29, 1.82) is 0 Å². The van der Waals surface area contributed by atoms with Crippen molar-refractivity contribution < 1.29 is 9.18 Å². The van der Waals surface area contributed by atoms with Gasteiger partial charge in [0, 0.05) is 22.3 Å². The fraction of sp³-hybridized carbons (Fsp3) is 0.0500. The van der Waals surface area contributed by atoms with Crippen molar-refractivity contribution in [1.82, 2.24) is 14.6 Å². The SMILES string of the molecule is Cc1cc(-c2ccc(F)cc2)nc2cc(C(=O)Nc3cc(Cl)ccc3Cl)nn12. The van der Waals surface area contributed by atoms with Crippen LogP contribution >= 0.6 is 23.2 Å². The first-order chi connectivity index (χ1) is 13.4. The highest BCUT2D eigenvalue weighted by atomic mass is 35.5. The molecule has 2 aromatic heterocycles. The van der Waals surface area contributed by atoms with E-state index >= 15 is 0 Å². The Balaban J connectivity index is 1.69. The molecule has 8 heteroatoms. The summed E-state index contributed by atoms with van der Waals surface area (Å²) >= 11 is 12.0. The molecular weight excluding hydrogens is 402 g/mol. The van der Waals surface area contributed by atoms with Crippen molar-refractivity contribution in [3.8, 4) is 11.3 Å². The standard InChI is InChI=1S/C20H13Cl2FN4O/c1-11-8-16(12-2-5-14(23)6-3-12)24-19-10-18(26-27(11)19)20(28)25-17-9-13(21)4-7-15(17)22/h2-10H,1H3,(H,25,28). The quantitative estimate of drug-likeness (QED) is 0.487. The van der Waals surface area contributed by atoms with Crippen molar-refractivity contribution in [2.24, 2.45) is 0 Å². The van der Waals surface area contributed by atoms with Gasteiger partial charge in [0.05, 0.1) is 16.4 Å². The van der Waals surface area contributed by atoms with E-state index < -0.39 is 5.91 Å². The minimum absolute atomic E-state index is 0.183. The van der Waals surface area contributed by atoms with Crippen molar-refractivity contribution in [2.75, 3.05) is 5.32 Å². The van der Waals surface area contributed by atoms with Gasteiger partial charge in [0.1, 0.15) is 5.82 Å². The lowest BCUT2D eigenvalue weighted by molar-refractivity contribution is 0.102. The number of carbonyl (C=O) groups excluding carboxylic acids is 1. The second-order valence-electron chi connectivity index (χ2n) is 6.17. The normalized spacial score (nSPS) is 11.0. The predicted molar refractivity (Wildman–Crippen MR) is 108 cm³/mol. The summed E-state index contributed by atoms with van der Waals surface area (Å²) in [4.78, 5) is 17.1. The molecule has 1 N–H and O–H groups in total. The van der Waals surface area contributed by atoms with E-state index in [1.807, 2.05) is 13.0 Å². The summed E-state index contributed by atoms with van der Waals surface area (Å²) in [6.07, 6.45) is 0. The Morgan fingerprint density at radius 3 is 2.57 bits per heavy atom. The molecule has 0 aliphatic heterocycles. The Morgan fingerprint density at radius 2 is 1.82 bits per heavy atom. The number of hydrogen-bond acceptors (Lipinski definition) is 3. The second kappa shape index (κ2) is 7.22. The largest absolute Gasteiger partial charge is 0.319 e. The molecule has 0 bridgehead atoms. The third kappa shape index (κ3) is 3.56. The summed E-state index contributed by atoms with van der Waals surface area (Å²) in [7, 11) is 0. The zero-order valence-corrected chi connectivity index (χ0v) is 16.1. The van der Waals surface area contributed by atoms with Gasteiger partial charge in [0.2, 0.25) is 0 Å². The maximum atomic E-state index is 13.2. The molecule has 5 nitrogen and oxygen atoms in total. The van der Waals surface area contributed by atoms with Gasteiger partial charge in [-0.05, 0) is 55.5 Å². The molecule has 0 aliphatic carbocycles. The Bertz CT molecular complexity index is 1210. The number of amides is 1. The number of halogens is 3. The number of nitrogens with one attached hydrogen (secondary N) is 1. The van der Waals surface area contributed by atoms with Gasteiger partial charge >= 0.3 is 0 Å². The molecule has 0 atom stereocenters. The molecule has 4 rings (SSSR count). The third-order valence-corrected chi connectivity index (χ3v) is 4.72. The molecule has 0 fully saturated rings. The lowest BCUT2D eigenvalue weighted by Gasteiger charge is -2.05. The molecule has 2 heterocycles. The molecule has 0 spiro atoms.